The highest BCUT2D eigenvalue weighted by atomic mass is 32.2. The van der Waals surface area contributed by atoms with Crippen LogP contribution in [0, 0.1) is 6.92 Å². The lowest BCUT2D eigenvalue weighted by Crippen LogP contribution is -2.18. The Morgan fingerprint density at radius 1 is 1.22 bits per heavy atom. The van der Waals surface area contributed by atoms with Gasteiger partial charge in [-0.2, -0.15) is 0 Å². The maximum absolute atomic E-state index is 5.92. The van der Waals surface area contributed by atoms with Gasteiger partial charge in [-0.3, -0.25) is 4.98 Å². The molecule has 2 nitrogen and oxygen atoms in total. The first-order valence-electron chi connectivity index (χ1n) is 6.08. The number of nitrogens with two attached hydrogens (primary N) is 1. The summed E-state index contributed by atoms with van der Waals surface area (Å²) in [7, 11) is 0. The number of pyridine rings is 1. The van der Waals surface area contributed by atoms with E-state index >= 15 is 0 Å². The fourth-order valence-electron chi connectivity index (χ4n) is 1.85. The molecule has 0 saturated heterocycles. The Bertz CT molecular complexity index is 509. The van der Waals surface area contributed by atoms with Crippen LogP contribution in [-0.4, -0.2) is 11.0 Å². The smallest absolute Gasteiger partial charge is 0.0279 e. The van der Waals surface area contributed by atoms with Crippen molar-refractivity contribution in [1.29, 1.82) is 0 Å². The van der Waals surface area contributed by atoms with Crippen molar-refractivity contribution in [3.63, 3.8) is 0 Å². The van der Waals surface area contributed by atoms with Crippen LogP contribution in [0.3, 0.4) is 0 Å². The second-order valence-electron chi connectivity index (χ2n) is 4.58. The SMILES string of the molecule is Cc1ccc(Sc2ccncc2)c(CC(C)N)c1. The molecule has 94 valence electrons. The summed E-state index contributed by atoms with van der Waals surface area (Å²) < 4.78 is 0. The molecule has 0 radical (unpaired) electrons. The number of hydrogen-bond acceptors (Lipinski definition) is 3. The van der Waals surface area contributed by atoms with Gasteiger partial charge in [0.2, 0.25) is 0 Å². The molecule has 0 aliphatic heterocycles. The number of aromatic nitrogens is 1. The van der Waals surface area contributed by atoms with E-state index < -0.39 is 0 Å². The average molecular weight is 258 g/mol. The van der Waals surface area contributed by atoms with Gasteiger partial charge in [0.15, 0.2) is 0 Å². The van der Waals surface area contributed by atoms with Crippen LogP contribution in [0.1, 0.15) is 18.1 Å². The molecule has 2 aromatic rings. The van der Waals surface area contributed by atoms with E-state index in [9.17, 15) is 0 Å². The summed E-state index contributed by atoms with van der Waals surface area (Å²) in [6, 6.07) is 10.8. The zero-order valence-corrected chi connectivity index (χ0v) is 11.6. The first-order valence-corrected chi connectivity index (χ1v) is 6.90. The largest absolute Gasteiger partial charge is 0.328 e. The standard InChI is InChI=1S/C15H18N2S/c1-11-3-4-15(13(9-11)10-12(2)16)18-14-5-7-17-8-6-14/h3-9,12H,10,16H2,1-2H3. The van der Waals surface area contributed by atoms with Crippen molar-refractivity contribution in [2.45, 2.75) is 36.1 Å². The van der Waals surface area contributed by atoms with Crippen molar-refractivity contribution in [2.24, 2.45) is 5.73 Å². The zero-order chi connectivity index (χ0) is 13.0. The second-order valence-corrected chi connectivity index (χ2v) is 5.69. The molecule has 0 aliphatic rings. The zero-order valence-electron chi connectivity index (χ0n) is 10.8. The summed E-state index contributed by atoms with van der Waals surface area (Å²) >= 11 is 1.77. The molecule has 2 rings (SSSR count). The molecule has 0 spiro atoms. The van der Waals surface area contributed by atoms with E-state index in [-0.39, 0.29) is 6.04 Å². The van der Waals surface area contributed by atoms with Crippen molar-refractivity contribution in [3.8, 4) is 0 Å². The Kier molecular flexibility index (Phi) is 4.39. The third-order valence-electron chi connectivity index (χ3n) is 2.64. The molecule has 2 N–H and O–H groups in total. The van der Waals surface area contributed by atoms with Crippen LogP contribution in [0.5, 0.6) is 0 Å². The summed E-state index contributed by atoms with van der Waals surface area (Å²) in [6.07, 6.45) is 4.55. The van der Waals surface area contributed by atoms with Gasteiger partial charge in [-0.05, 0) is 44.0 Å². The summed E-state index contributed by atoms with van der Waals surface area (Å²) in [5.41, 5.74) is 8.53. The van der Waals surface area contributed by atoms with E-state index in [1.54, 1.807) is 11.8 Å². The van der Waals surface area contributed by atoms with Gasteiger partial charge in [-0.15, -0.1) is 0 Å². The van der Waals surface area contributed by atoms with Gasteiger partial charge in [-0.1, -0.05) is 29.5 Å². The van der Waals surface area contributed by atoms with Crippen molar-refractivity contribution >= 4 is 11.8 Å². The fourth-order valence-corrected chi connectivity index (χ4v) is 2.77. The minimum absolute atomic E-state index is 0.184. The van der Waals surface area contributed by atoms with Crippen LogP contribution in [-0.2, 0) is 6.42 Å². The maximum atomic E-state index is 5.92. The highest BCUT2D eigenvalue weighted by molar-refractivity contribution is 7.99. The van der Waals surface area contributed by atoms with Crippen LogP contribution in [0.15, 0.2) is 52.5 Å². The molecule has 1 heterocycles. The molecule has 0 fully saturated rings. The molecular weight excluding hydrogens is 240 g/mol. The third-order valence-corrected chi connectivity index (χ3v) is 3.76. The quantitative estimate of drug-likeness (QED) is 0.913. The summed E-state index contributed by atoms with van der Waals surface area (Å²) in [5.74, 6) is 0. The molecule has 1 atom stereocenters. The number of rotatable bonds is 4. The predicted molar refractivity (Wildman–Crippen MR) is 76.9 cm³/mol. The number of hydrogen-bond donors (Lipinski definition) is 1. The predicted octanol–water partition coefficient (Wildman–Crippen LogP) is 3.43. The van der Waals surface area contributed by atoms with Gasteiger partial charge in [-0.25, -0.2) is 0 Å². The van der Waals surface area contributed by atoms with Crippen molar-refractivity contribution in [3.05, 3.63) is 53.9 Å². The topological polar surface area (TPSA) is 38.9 Å². The lowest BCUT2D eigenvalue weighted by atomic mass is 10.1. The monoisotopic (exact) mass is 258 g/mol. The average Bonchev–Trinajstić information content (AvgIpc) is 2.33. The summed E-state index contributed by atoms with van der Waals surface area (Å²) in [4.78, 5) is 6.53. The Morgan fingerprint density at radius 3 is 2.61 bits per heavy atom. The molecule has 18 heavy (non-hydrogen) atoms. The Morgan fingerprint density at radius 2 is 1.94 bits per heavy atom. The van der Waals surface area contributed by atoms with Gasteiger partial charge < -0.3 is 5.73 Å². The Balaban J connectivity index is 2.26. The van der Waals surface area contributed by atoms with E-state index in [0.717, 1.165) is 6.42 Å². The van der Waals surface area contributed by atoms with E-state index in [1.165, 1.54) is 20.9 Å². The van der Waals surface area contributed by atoms with Gasteiger partial charge in [0.1, 0.15) is 0 Å². The number of aryl methyl sites for hydroxylation is 1. The summed E-state index contributed by atoms with van der Waals surface area (Å²) in [6.45, 7) is 4.16. The molecule has 1 aromatic carbocycles. The summed E-state index contributed by atoms with van der Waals surface area (Å²) in [5, 5.41) is 0. The molecule has 0 aliphatic carbocycles. The minimum Gasteiger partial charge on any atom is -0.328 e. The molecule has 1 aromatic heterocycles. The van der Waals surface area contributed by atoms with Crippen LogP contribution in [0.25, 0.3) is 0 Å². The van der Waals surface area contributed by atoms with E-state index in [4.69, 9.17) is 5.73 Å². The molecule has 0 amide bonds. The second kappa shape index (κ2) is 6.03. The fraction of sp³-hybridized carbons (Fsp3) is 0.267. The first kappa shape index (κ1) is 13.1. The van der Waals surface area contributed by atoms with E-state index in [0.29, 0.717) is 0 Å². The van der Waals surface area contributed by atoms with Crippen molar-refractivity contribution in [2.75, 3.05) is 0 Å². The highest BCUT2D eigenvalue weighted by Crippen LogP contribution is 2.31. The van der Waals surface area contributed by atoms with Crippen LogP contribution >= 0.6 is 11.8 Å². The van der Waals surface area contributed by atoms with Gasteiger partial charge in [0.05, 0.1) is 0 Å². The van der Waals surface area contributed by atoms with Gasteiger partial charge >= 0.3 is 0 Å². The molecule has 3 heteroatoms. The number of benzene rings is 1. The maximum Gasteiger partial charge on any atom is 0.0279 e. The van der Waals surface area contributed by atoms with Crippen molar-refractivity contribution < 1.29 is 0 Å². The molecule has 0 bridgehead atoms. The lowest BCUT2D eigenvalue weighted by Gasteiger charge is -2.12. The molecule has 1 unspecified atom stereocenters. The van der Waals surface area contributed by atoms with Gasteiger partial charge in [0, 0.05) is 28.2 Å². The Hall–Kier alpha value is -1.32. The van der Waals surface area contributed by atoms with Gasteiger partial charge in [0.25, 0.3) is 0 Å². The first-order chi connectivity index (χ1) is 8.65. The van der Waals surface area contributed by atoms with E-state index in [2.05, 4.69) is 30.1 Å². The highest BCUT2D eigenvalue weighted by Gasteiger charge is 2.07. The van der Waals surface area contributed by atoms with Crippen LogP contribution in [0.2, 0.25) is 0 Å². The minimum atomic E-state index is 0.184. The normalized spacial score (nSPS) is 12.4. The molecule has 0 saturated carbocycles. The van der Waals surface area contributed by atoms with Crippen LogP contribution < -0.4 is 5.73 Å². The Labute approximate surface area is 113 Å². The molecular formula is C15H18N2S. The van der Waals surface area contributed by atoms with Crippen molar-refractivity contribution in [1.82, 2.24) is 4.98 Å². The number of nitrogens with zero attached hydrogens (tertiary/aromatic N) is 1. The third kappa shape index (κ3) is 3.59. The van der Waals surface area contributed by atoms with Crippen LogP contribution in [0.4, 0.5) is 0 Å². The lowest BCUT2D eigenvalue weighted by molar-refractivity contribution is 0.729. The van der Waals surface area contributed by atoms with E-state index in [1.807, 2.05) is 31.5 Å².